The molecule has 2 aliphatic rings. The second-order valence-electron chi connectivity index (χ2n) is 9.93. The number of urea groups is 1. The number of pyridine rings is 1. The van der Waals surface area contributed by atoms with Gasteiger partial charge in [-0.05, 0) is 57.4 Å². The van der Waals surface area contributed by atoms with Gasteiger partial charge in [0, 0.05) is 29.9 Å². The van der Waals surface area contributed by atoms with Gasteiger partial charge in [-0.3, -0.25) is 14.7 Å². The summed E-state index contributed by atoms with van der Waals surface area (Å²) in [5.74, 6) is 0.295. The molecule has 4 heterocycles. The van der Waals surface area contributed by atoms with Crippen LogP contribution in [0, 0.1) is 6.92 Å². The summed E-state index contributed by atoms with van der Waals surface area (Å²) in [6.45, 7) is 7.07. The van der Waals surface area contributed by atoms with Crippen LogP contribution >= 0.6 is 11.8 Å². The minimum Gasteiger partial charge on any atom is -0.475 e. The fourth-order valence-electron chi connectivity index (χ4n) is 4.28. The average Bonchev–Trinajstić information content (AvgIpc) is 3.22. The van der Waals surface area contributed by atoms with Crippen molar-refractivity contribution in [2.24, 2.45) is 4.99 Å². The number of hydrogen-bond donors (Lipinski definition) is 1. The summed E-state index contributed by atoms with van der Waals surface area (Å²) in [5.41, 5.74) is 4.50. The van der Waals surface area contributed by atoms with Crippen molar-refractivity contribution >= 4 is 41.0 Å². The van der Waals surface area contributed by atoms with E-state index in [0.717, 1.165) is 16.8 Å². The zero-order chi connectivity index (χ0) is 27.0. The van der Waals surface area contributed by atoms with E-state index >= 15 is 0 Å². The summed E-state index contributed by atoms with van der Waals surface area (Å²) in [7, 11) is 1.74. The number of nitrogens with one attached hydrogen (secondary N) is 1. The van der Waals surface area contributed by atoms with E-state index in [0.29, 0.717) is 53.4 Å². The molecule has 2 aromatic heterocycles. The highest BCUT2D eigenvalue weighted by atomic mass is 32.2. The van der Waals surface area contributed by atoms with Gasteiger partial charge in [0.25, 0.3) is 5.91 Å². The Morgan fingerprint density at radius 3 is 2.58 bits per heavy atom. The van der Waals surface area contributed by atoms with Crippen LogP contribution in [-0.2, 0) is 17.8 Å². The van der Waals surface area contributed by atoms with Gasteiger partial charge in [0.1, 0.15) is 6.61 Å². The van der Waals surface area contributed by atoms with Crippen LogP contribution in [0.3, 0.4) is 0 Å². The molecular weight excluding hydrogens is 502 g/mol. The summed E-state index contributed by atoms with van der Waals surface area (Å²) in [5, 5.41) is 3.57. The molecule has 1 N–H and O–H groups in total. The number of hydrogen-bond acceptors (Lipinski definition) is 8. The Morgan fingerprint density at radius 1 is 1.13 bits per heavy atom. The van der Waals surface area contributed by atoms with Crippen LogP contribution in [0.1, 0.15) is 46.7 Å². The molecule has 0 bridgehead atoms. The number of thioether (sulfide) groups is 1. The Hall–Kier alpha value is -3.99. The number of nitrogens with zero attached hydrogens (tertiary/aromatic N) is 6. The lowest BCUT2D eigenvalue weighted by atomic mass is 10.1. The molecule has 0 fully saturated rings. The molecule has 5 rings (SSSR count). The van der Waals surface area contributed by atoms with E-state index in [2.05, 4.69) is 25.3 Å². The number of aromatic nitrogens is 3. The highest BCUT2D eigenvalue weighted by Gasteiger charge is 2.29. The van der Waals surface area contributed by atoms with Gasteiger partial charge in [0.2, 0.25) is 5.90 Å². The normalized spacial score (nSPS) is 16.4. The zero-order valence-electron chi connectivity index (χ0n) is 22.0. The van der Waals surface area contributed by atoms with Gasteiger partial charge in [-0.25, -0.2) is 19.8 Å². The Labute approximate surface area is 225 Å². The van der Waals surface area contributed by atoms with Crippen molar-refractivity contribution in [3.05, 3.63) is 70.8 Å². The number of fused-ring (bicyclic) bond motifs is 1. The molecular formula is C27H29N7O3S. The third kappa shape index (κ3) is 5.19. The van der Waals surface area contributed by atoms with Crippen molar-refractivity contribution < 1.29 is 14.3 Å². The summed E-state index contributed by atoms with van der Waals surface area (Å²) in [6, 6.07) is 8.70. The number of amides is 3. The van der Waals surface area contributed by atoms with Crippen LogP contribution in [0.2, 0.25) is 0 Å². The minimum atomic E-state index is -0.287. The summed E-state index contributed by atoms with van der Waals surface area (Å²) >= 11 is 1.46. The molecule has 38 heavy (non-hydrogen) atoms. The fourth-order valence-corrected chi connectivity index (χ4v) is 4.64. The van der Waals surface area contributed by atoms with E-state index in [1.54, 1.807) is 47.4 Å². The summed E-state index contributed by atoms with van der Waals surface area (Å²) in [4.78, 5) is 47.6. The molecule has 11 heteroatoms. The largest absolute Gasteiger partial charge is 0.475 e. The number of aliphatic imine (C=N–C) groups is 1. The number of carbonyl (C=O) groups is 2. The van der Waals surface area contributed by atoms with E-state index in [9.17, 15) is 9.59 Å². The molecule has 0 saturated carbocycles. The van der Waals surface area contributed by atoms with Gasteiger partial charge in [0.15, 0.2) is 5.16 Å². The fraction of sp³-hybridized carbons (Fsp3) is 0.333. The highest BCUT2D eigenvalue weighted by Crippen LogP contribution is 2.29. The Bertz CT molecular complexity index is 1440. The molecule has 0 saturated heterocycles. The first-order valence-corrected chi connectivity index (χ1v) is 13.4. The predicted molar refractivity (Wildman–Crippen MR) is 147 cm³/mol. The zero-order valence-corrected chi connectivity index (χ0v) is 22.8. The number of anilines is 2. The highest BCUT2D eigenvalue weighted by molar-refractivity contribution is 7.98. The predicted octanol–water partition coefficient (Wildman–Crippen LogP) is 4.28. The molecule has 0 atom stereocenters. The molecule has 1 aromatic carbocycles. The van der Waals surface area contributed by atoms with Gasteiger partial charge >= 0.3 is 6.03 Å². The van der Waals surface area contributed by atoms with Crippen molar-refractivity contribution in [1.29, 1.82) is 0 Å². The smallest absolute Gasteiger partial charge is 0.324 e. The first-order chi connectivity index (χ1) is 18.1. The third-order valence-electron chi connectivity index (χ3n) is 6.36. The van der Waals surface area contributed by atoms with Crippen LogP contribution in [-0.4, -0.2) is 63.1 Å². The van der Waals surface area contributed by atoms with Crippen molar-refractivity contribution in [3.63, 3.8) is 0 Å². The first-order valence-electron chi connectivity index (χ1n) is 12.2. The van der Waals surface area contributed by atoms with Crippen molar-refractivity contribution in [2.45, 2.75) is 44.6 Å². The molecule has 196 valence electrons. The second kappa shape index (κ2) is 10.1. The topological polar surface area (TPSA) is 113 Å². The lowest BCUT2D eigenvalue weighted by Gasteiger charge is -2.26. The number of rotatable bonds is 5. The van der Waals surface area contributed by atoms with Gasteiger partial charge in [-0.15, -0.1) is 0 Å². The maximum Gasteiger partial charge on any atom is 0.324 e. The molecule has 0 unspecified atom stereocenters. The number of carbonyl (C=O) groups excluding carboxylic acids is 2. The minimum absolute atomic E-state index is 0.183. The number of benzene rings is 1. The molecule has 0 spiro atoms. The van der Waals surface area contributed by atoms with Gasteiger partial charge in [0.05, 0.1) is 47.6 Å². The maximum atomic E-state index is 13.3. The Morgan fingerprint density at radius 2 is 1.89 bits per heavy atom. The van der Waals surface area contributed by atoms with E-state index in [4.69, 9.17) is 4.74 Å². The van der Waals surface area contributed by atoms with Crippen LogP contribution in [0.25, 0.3) is 0 Å². The summed E-state index contributed by atoms with van der Waals surface area (Å²) < 4.78 is 5.69. The standard InChI is InChI=1S/C27H29N7O3S/c1-16-22(34-13-19-11-29-25(38-5)31-21(19)14-33(4)26(34)36)10-20(12-28-16)30-23(35)17-6-8-18(9-7-17)24-32-27(2,3)15-37-24/h6-12H,13-15H2,1-5H3,(H,30,35). The SMILES string of the molecule is CSc1ncc2c(n1)CN(C)C(=O)N(c1cc(NC(=O)c3ccc(C4=NC(C)(C)CO4)cc3)cnc1C)C2. The average molecular weight is 532 g/mol. The van der Waals surface area contributed by atoms with E-state index in [-0.39, 0.29) is 17.5 Å². The molecule has 0 radical (unpaired) electrons. The molecule has 3 aromatic rings. The lowest BCUT2D eigenvalue weighted by Crippen LogP contribution is -2.38. The third-order valence-corrected chi connectivity index (χ3v) is 6.92. The molecule has 0 aliphatic carbocycles. The second-order valence-corrected chi connectivity index (χ2v) is 10.7. The first kappa shape index (κ1) is 25.7. The molecule has 10 nitrogen and oxygen atoms in total. The molecule has 2 aliphatic heterocycles. The van der Waals surface area contributed by atoms with Gasteiger partial charge in [-0.2, -0.15) is 0 Å². The van der Waals surface area contributed by atoms with Crippen LogP contribution < -0.4 is 10.2 Å². The van der Waals surface area contributed by atoms with Crippen molar-refractivity contribution in [2.75, 3.05) is 30.1 Å². The Balaban J connectivity index is 1.37. The van der Waals surface area contributed by atoms with Gasteiger partial charge < -0.3 is 15.0 Å². The van der Waals surface area contributed by atoms with E-state index in [1.165, 1.54) is 11.8 Å². The molecule has 3 amide bonds. The van der Waals surface area contributed by atoms with Crippen LogP contribution in [0.15, 0.2) is 52.9 Å². The van der Waals surface area contributed by atoms with Crippen molar-refractivity contribution in [1.82, 2.24) is 19.9 Å². The van der Waals surface area contributed by atoms with Gasteiger partial charge in [-0.1, -0.05) is 11.8 Å². The number of ether oxygens (including phenoxy) is 1. The quantitative estimate of drug-likeness (QED) is 0.386. The van der Waals surface area contributed by atoms with E-state index in [1.807, 2.05) is 39.2 Å². The van der Waals surface area contributed by atoms with Crippen molar-refractivity contribution in [3.8, 4) is 0 Å². The van der Waals surface area contributed by atoms with Crippen LogP contribution in [0.4, 0.5) is 16.2 Å². The summed E-state index contributed by atoms with van der Waals surface area (Å²) in [6.07, 6.45) is 5.28. The number of aryl methyl sites for hydroxylation is 1. The maximum absolute atomic E-state index is 13.3. The van der Waals surface area contributed by atoms with E-state index < -0.39 is 0 Å². The lowest BCUT2D eigenvalue weighted by molar-refractivity contribution is 0.102. The Kier molecular flexibility index (Phi) is 6.78. The monoisotopic (exact) mass is 531 g/mol. The van der Waals surface area contributed by atoms with Crippen LogP contribution in [0.5, 0.6) is 0 Å².